The number of carbonyl (C=O) groups is 4. The van der Waals surface area contributed by atoms with Crippen molar-refractivity contribution in [3.63, 3.8) is 0 Å². The number of phenolic OH excluding ortho intramolecular Hbond substituents is 1. The molecule has 1 aromatic rings. The first-order valence-electron chi connectivity index (χ1n) is 11.6. The minimum absolute atomic E-state index is 0.0138. The molecule has 1 rings (SSSR count). The van der Waals surface area contributed by atoms with Gasteiger partial charge in [-0.15, -0.1) is 0 Å². The standard InChI is InChI=1S/C24H38N4O7/c1-6-13(4)19(24(34)35)27-21(31)17(11-15-7-9-16(30)10-8-15)26-23(33)20(14(5)29)28-22(32)18(25)12(2)3/h7-10,12-14,17-20,29-30H,6,11,25H2,1-5H3,(H,26,33)(H,27,31)(H,28,32)(H,34,35). The summed E-state index contributed by atoms with van der Waals surface area (Å²) in [5.41, 5.74) is 6.41. The number of aliphatic carboxylic acids is 1. The Labute approximate surface area is 205 Å². The number of aliphatic hydroxyl groups is 1. The predicted octanol–water partition coefficient (Wildman–Crippen LogP) is -0.116. The maximum Gasteiger partial charge on any atom is 0.326 e. The highest BCUT2D eigenvalue weighted by atomic mass is 16.4. The van der Waals surface area contributed by atoms with Crippen molar-refractivity contribution in [1.29, 1.82) is 0 Å². The van der Waals surface area contributed by atoms with E-state index in [0.717, 1.165) is 0 Å². The summed E-state index contributed by atoms with van der Waals surface area (Å²) in [7, 11) is 0. The Hall–Kier alpha value is -3.18. The molecule has 1 aromatic carbocycles. The van der Waals surface area contributed by atoms with Crippen molar-refractivity contribution in [3.05, 3.63) is 29.8 Å². The number of amides is 3. The summed E-state index contributed by atoms with van der Waals surface area (Å²) in [5, 5.41) is 36.6. The van der Waals surface area contributed by atoms with Gasteiger partial charge < -0.3 is 37.0 Å². The first kappa shape index (κ1) is 29.9. The molecule has 6 unspecified atom stereocenters. The number of phenols is 1. The lowest BCUT2D eigenvalue weighted by molar-refractivity contribution is -0.144. The Morgan fingerprint density at radius 1 is 0.886 bits per heavy atom. The van der Waals surface area contributed by atoms with Crippen molar-refractivity contribution in [2.45, 2.75) is 77.7 Å². The number of carboxylic acid groups (broad SMARTS) is 1. The van der Waals surface area contributed by atoms with Crippen LogP contribution in [0.1, 0.15) is 46.6 Å². The van der Waals surface area contributed by atoms with Gasteiger partial charge in [0.15, 0.2) is 0 Å². The van der Waals surface area contributed by atoms with E-state index in [1.165, 1.54) is 19.1 Å². The molecular formula is C24H38N4O7. The van der Waals surface area contributed by atoms with Crippen LogP contribution in [0.15, 0.2) is 24.3 Å². The molecule has 0 saturated heterocycles. The van der Waals surface area contributed by atoms with Gasteiger partial charge in [0.1, 0.15) is 23.9 Å². The summed E-state index contributed by atoms with van der Waals surface area (Å²) in [6.45, 7) is 8.25. The normalized spacial score (nSPS) is 16.3. The molecule has 0 radical (unpaired) electrons. The second-order valence-electron chi connectivity index (χ2n) is 9.14. The minimum Gasteiger partial charge on any atom is -0.508 e. The topological polar surface area (TPSA) is 191 Å². The van der Waals surface area contributed by atoms with Crippen molar-refractivity contribution in [2.24, 2.45) is 17.6 Å². The monoisotopic (exact) mass is 494 g/mol. The molecule has 0 fully saturated rings. The fourth-order valence-corrected chi connectivity index (χ4v) is 3.23. The quantitative estimate of drug-likeness (QED) is 0.197. The van der Waals surface area contributed by atoms with Gasteiger partial charge in [0.05, 0.1) is 12.1 Å². The van der Waals surface area contributed by atoms with Gasteiger partial charge in [0, 0.05) is 6.42 Å². The second-order valence-corrected chi connectivity index (χ2v) is 9.14. The summed E-state index contributed by atoms with van der Waals surface area (Å²) < 4.78 is 0. The van der Waals surface area contributed by atoms with Gasteiger partial charge in [0.2, 0.25) is 17.7 Å². The third-order valence-corrected chi connectivity index (χ3v) is 5.87. The number of aromatic hydroxyl groups is 1. The molecule has 0 heterocycles. The lowest BCUT2D eigenvalue weighted by atomic mass is 9.98. The Balaban J connectivity index is 3.17. The highest BCUT2D eigenvalue weighted by molar-refractivity contribution is 5.94. The molecule has 0 aliphatic heterocycles. The highest BCUT2D eigenvalue weighted by Crippen LogP contribution is 2.13. The molecule has 6 atom stereocenters. The molecule has 8 N–H and O–H groups in total. The van der Waals surface area contributed by atoms with Crippen molar-refractivity contribution >= 4 is 23.7 Å². The number of carboxylic acids is 1. The summed E-state index contributed by atoms with van der Waals surface area (Å²) in [6.07, 6.45) is -0.836. The van der Waals surface area contributed by atoms with E-state index in [9.17, 15) is 34.5 Å². The highest BCUT2D eigenvalue weighted by Gasteiger charge is 2.33. The van der Waals surface area contributed by atoms with Crippen molar-refractivity contribution in [1.82, 2.24) is 16.0 Å². The zero-order valence-corrected chi connectivity index (χ0v) is 20.8. The van der Waals surface area contributed by atoms with Crippen LogP contribution in [0, 0.1) is 11.8 Å². The van der Waals surface area contributed by atoms with E-state index in [-0.39, 0.29) is 24.0 Å². The number of rotatable bonds is 13. The van der Waals surface area contributed by atoms with Crippen LogP contribution in [-0.2, 0) is 25.6 Å². The molecule has 0 spiro atoms. The third kappa shape index (κ3) is 9.18. The minimum atomic E-state index is -1.40. The number of hydrogen-bond donors (Lipinski definition) is 7. The Morgan fingerprint density at radius 2 is 1.43 bits per heavy atom. The lowest BCUT2D eigenvalue weighted by Crippen LogP contribution is -2.60. The molecule has 35 heavy (non-hydrogen) atoms. The van der Waals surface area contributed by atoms with Gasteiger partial charge in [-0.1, -0.05) is 46.2 Å². The fraction of sp³-hybridized carbons (Fsp3) is 0.583. The summed E-state index contributed by atoms with van der Waals surface area (Å²) in [4.78, 5) is 50.2. The van der Waals surface area contributed by atoms with E-state index in [4.69, 9.17) is 5.73 Å². The number of nitrogens with two attached hydrogens (primary N) is 1. The molecule has 0 aromatic heterocycles. The van der Waals surface area contributed by atoms with E-state index >= 15 is 0 Å². The van der Waals surface area contributed by atoms with Crippen LogP contribution >= 0.6 is 0 Å². The maximum absolute atomic E-state index is 13.1. The van der Waals surface area contributed by atoms with Crippen LogP contribution in [0.5, 0.6) is 5.75 Å². The molecule has 0 saturated carbocycles. The molecular weight excluding hydrogens is 456 g/mol. The average Bonchev–Trinajstić information content (AvgIpc) is 2.79. The Kier molecular flexibility index (Phi) is 11.6. The molecule has 3 amide bonds. The van der Waals surface area contributed by atoms with Gasteiger partial charge >= 0.3 is 5.97 Å². The summed E-state index contributed by atoms with van der Waals surface area (Å²) in [5.74, 6) is -3.99. The molecule has 0 bridgehead atoms. The van der Waals surface area contributed by atoms with E-state index in [0.29, 0.717) is 12.0 Å². The van der Waals surface area contributed by atoms with Crippen LogP contribution in [0.2, 0.25) is 0 Å². The average molecular weight is 495 g/mol. The molecule has 11 nitrogen and oxygen atoms in total. The molecule has 11 heteroatoms. The number of nitrogens with one attached hydrogen (secondary N) is 3. The van der Waals surface area contributed by atoms with E-state index in [1.807, 2.05) is 0 Å². The van der Waals surface area contributed by atoms with Gasteiger partial charge in [0.25, 0.3) is 0 Å². The van der Waals surface area contributed by atoms with Gasteiger partial charge in [-0.3, -0.25) is 14.4 Å². The number of hydrogen-bond acceptors (Lipinski definition) is 7. The fourth-order valence-electron chi connectivity index (χ4n) is 3.23. The lowest BCUT2D eigenvalue weighted by Gasteiger charge is -2.28. The molecule has 0 aliphatic carbocycles. The zero-order valence-electron chi connectivity index (χ0n) is 20.8. The first-order chi connectivity index (χ1) is 16.3. The van der Waals surface area contributed by atoms with Crippen LogP contribution in [0.25, 0.3) is 0 Å². The van der Waals surface area contributed by atoms with Crippen LogP contribution in [0.3, 0.4) is 0 Å². The number of carbonyl (C=O) groups excluding carboxylic acids is 3. The van der Waals surface area contributed by atoms with Crippen molar-refractivity contribution in [3.8, 4) is 5.75 Å². The Morgan fingerprint density at radius 3 is 1.89 bits per heavy atom. The predicted molar refractivity (Wildman–Crippen MR) is 129 cm³/mol. The van der Waals surface area contributed by atoms with Crippen molar-refractivity contribution < 1.29 is 34.5 Å². The Bertz CT molecular complexity index is 873. The van der Waals surface area contributed by atoms with E-state index in [1.54, 1.807) is 39.8 Å². The summed E-state index contributed by atoms with van der Waals surface area (Å²) >= 11 is 0. The summed E-state index contributed by atoms with van der Waals surface area (Å²) in [6, 6.07) is 1.23. The second kappa shape index (κ2) is 13.6. The van der Waals surface area contributed by atoms with E-state index < -0.39 is 54.0 Å². The molecule has 196 valence electrons. The number of benzene rings is 1. The molecule has 0 aliphatic rings. The number of aliphatic hydroxyl groups excluding tert-OH is 1. The first-order valence-corrected chi connectivity index (χ1v) is 11.6. The van der Waals surface area contributed by atoms with E-state index in [2.05, 4.69) is 16.0 Å². The van der Waals surface area contributed by atoms with Crippen LogP contribution in [0.4, 0.5) is 0 Å². The third-order valence-electron chi connectivity index (χ3n) is 5.87. The van der Waals surface area contributed by atoms with Gasteiger partial charge in [-0.25, -0.2) is 4.79 Å². The maximum atomic E-state index is 13.1. The van der Waals surface area contributed by atoms with Crippen LogP contribution in [-0.4, -0.2) is 69.3 Å². The van der Waals surface area contributed by atoms with Crippen molar-refractivity contribution in [2.75, 3.05) is 0 Å². The zero-order chi connectivity index (χ0) is 26.9. The largest absolute Gasteiger partial charge is 0.508 e. The van der Waals surface area contributed by atoms with Gasteiger partial charge in [-0.05, 0) is 36.5 Å². The smallest absolute Gasteiger partial charge is 0.326 e. The van der Waals surface area contributed by atoms with Crippen LogP contribution < -0.4 is 21.7 Å². The van der Waals surface area contributed by atoms with Gasteiger partial charge in [-0.2, -0.15) is 0 Å². The SMILES string of the molecule is CCC(C)C(NC(=O)C(Cc1ccc(O)cc1)NC(=O)C(NC(=O)C(N)C(C)C)C(C)O)C(=O)O.